The number of aromatic nitrogens is 1. The van der Waals surface area contributed by atoms with Crippen LogP contribution in [0.3, 0.4) is 0 Å². The molecule has 0 unspecified atom stereocenters. The molecule has 6 rings (SSSR count). The van der Waals surface area contributed by atoms with E-state index in [0.29, 0.717) is 5.82 Å². The van der Waals surface area contributed by atoms with Crippen molar-refractivity contribution in [1.29, 1.82) is 0 Å². The van der Waals surface area contributed by atoms with Gasteiger partial charge in [-0.3, -0.25) is 9.59 Å². The first-order chi connectivity index (χ1) is 13.6. The van der Waals surface area contributed by atoms with E-state index < -0.39 is 0 Å². The second kappa shape index (κ2) is 5.70. The Hall–Kier alpha value is -2.61. The van der Waals surface area contributed by atoms with Gasteiger partial charge in [-0.25, -0.2) is 14.9 Å². The Labute approximate surface area is 169 Å². The van der Waals surface area contributed by atoms with Gasteiger partial charge in [0.15, 0.2) is 0 Å². The third-order valence-corrected chi connectivity index (χ3v) is 7.15. The van der Waals surface area contributed by atoms with Crippen LogP contribution in [0.1, 0.15) is 6.42 Å². The summed E-state index contributed by atoms with van der Waals surface area (Å²) in [5.41, 5.74) is 0.960. The van der Waals surface area contributed by atoms with E-state index in [9.17, 15) is 9.59 Å². The Bertz CT molecular complexity index is 1010. The monoisotopic (exact) mass is 437 g/mol. The number of anilines is 2. The molecule has 0 spiro atoms. The summed E-state index contributed by atoms with van der Waals surface area (Å²) in [5, 5.41) is 10.9. The van der Waals surface area contributed by atoms with Gasteiger partial charge in [-0.1, -0.05) is 27.2 Å². The van der Waals surface area contributed by atoms with Crippen LogP contribution < -0.4 is 9.91 Å². The van der Waals surface area contributed by atoms with Crippen molar-refractivity contribution in [2.75, 3.05) is 9.91 Å². The summed E-state index contributed by atoms with van der Waals surface area (Å²) < 4.78 is 1.000. The molecule has 2 aromatic rings. The Morgan fingerprint density at radius 1 is 0.964 bits per heavy atom. The minimum atomic E-state index is -0.304. The molecular formula is C20H16BrN5O2. The molecule has 2 saturated carbocycles. The van der Waals surface area contributed by atoms with Gasteiger partial charge in [-0.15, -0.1) is 0 Å². The van der Waals surface area contributed by atoms with Gasteiger partial charge in [0.25, 0.3) is 0 Å². The number of halogens is 1. The third kappa shape index (κ3) is 2.01. The highest BCUT2D eigenvalue weighted by molar-refractivity contribution is 9.10. The summed E-state index contributed by atoms with van der Waals surface area (Å²) in [6, 6.07) is 13.2. The average molecular weight is 438 g/mol. The topological polar surface area (TPSA) is 78.2 Å². The summed E-state index contributed by atoms with van der Waals surface area (Å²) >= 11 is 3.46. The normalized spacial score (nSPS) is 35.0. The Kier molecular flexibility index (Phi) is 3.33. The number of hydrogen-bond acceptors (Lipinski definition) is 6. The highest BCUT2D eigenvalue weighted by Gasteiger charge is 2.70. The lowest BCUT2D eigenvalue weighted by Gasteiger charge is -2.33. The van der Waals surface area contributed by atoms with Crippen LogP contribution in [0, 0.1) is 23.7 Å². The molecule has 0 radical (unpaired) electrons. The molecule has 1 aromatic heterocycles. The smallest absolute Gasteiger partial charge is 0.239 e. The molecule has 28 heavy (non-hydrogen) atoms. The summed E-state index contributed by atoms with van der Waals surface area (Å²) in [7, 11) is 0. The minimum Gasteiger partial charge on any atom is -0.274 e. The number of amides is 2. The van der Waals surface area contributed by atoms with Gasteiger partial charge in [0.2, 0.25) is 11.8 Å². The first-order valence-corrected chi connectivity index (χ1v) is 10.2. The lowest BCUT2D eigenvalue weighted by Crippen LogP contribution is -2.47. The Morgan fingerprint density at radius 2 is 1.71 bits per heavy atom. The molecule has 2 aliphatic heterocycles. The van der Waals surface area contributed by atoms with Crippen molar-refractivity contribution in [2.45, 2.75) is 18.5 Å². The van der Waals surface area contributed by atoms with Gasteiger partial charge in [0.1, 0.15) is 5.82 Å². The molecule has 7 nitrogen and oxygen atoms in total. The van der Waals surface area contributed by atoms with Gasteiger partial charge >= 0.3 is 0 Å². The summed E-state index contributed by atoms with van der Waals surface area (Å²) in [4.78, 5) is 31.9. The fourth-order valence-electron chi connectivity index (χ4n) is 5.61. The van der Waals surface area contributed by atoms with Gasteiger partial charge in [0, 0.05) is 10.7 Å². The van der Waals surface area contributed by atoms with Crippen LogP contribution in [0.5, 0.6) is 0 Å². The second-order valence-corrected chi connectivity index (χ2v) is 8.74. The van der Waals surface area contributed by atoms with Crippen LogP contribution in [-0.2, 0) is 9.59 Å². The maximum Gasteiger partial charge on any atom is 0.239 e. The summed E-state index contributed by atoms with van der Waals surface area (Å²) in [5.74, 6) is -0.299. The van der Waals surface area contributed by atoms with Gasteiger partial charge in [-0.05, 0) is 54.7 Å². The van der Waals surface area contributed by atoms with Crippen molar-refractivity contribution in [3.63, 3.8) is 0 Å². The van der Waals surface area contributed by atoms with E-state index in [1.807, 2.05) is 29.3 Å². The van der Waals surface area contributed by atoms with E-state index in [1.54, 1.807) is 24.4 Å². The van der Waals surface area contributed by atoms with Crippen molar-refractivity contribution in [3.05, 3.63) is 53.1 Å². The van der Waals surface area contributed by atoms with Crippen molar-refractivity contribution in [3.8, 4) is 0 Å². The van der Waals surface area contributed by atoms with Crippen LogP contribution in [0.25, 0.3) is 0 Å². The third-order valence-electron chi connectivity index (χ3n) is 6.63. The van der Waals surface area contributed by atoms with Crippen molar-refractivity contribution >= 4 is 39.2 Å². The fraction of sp³-hybridized carbons (Fsp3) is 0.350. The quantitative estimate of drug-likeness (QED) is 0.675. The molecule has 8 heteroatoms. The molecule has 0 N–H and O–H groups in total. The molecule has 140 valence electrons. The molecular weight excluding hydrogens is 422 g/mol. The van der Waals surface area contributed by atoms with E-state index in [-0.39, 0.29) is 47.6 Å². The molecule has 1 aromatic carbocycles. The highest BCUT2D eigenvalue weighted by Crippen LogP contribution is 2.60. The number of pyridine rings is 1. The molecule has 3 heterocycles. The standard InChI is InChI=1S/C20H16BrN5O2/c21-10-4-6-11(7-5-10)26-18-13-9-12(17(18)23-24-26)15-16(13)20(28)25(19(15)27)14-3-1-2-8-22-14/h1-8,12-13,15-18H,9H2/t12-,13+,15-,16+,17-,18-/m1/s1. The van der Waals surface area contributed by atoms with Crippen molar-refractivity contribution in [2.24, 2.45) is 34.0 Å². The zero-order chi connectivity index (χ0) is 19.0. The maximum absolute atomic E-state index is 13.2. The number of hydrogen-bond donors (Lipinski definition) is 0. The zero-order valence-electron chi connectivity index (χ0n) is 14.7. The first-order valence-electron chi connectivity index (χ1n) is 9.39. The zero-order valence-corrected chi connectivity index (χ0v) is 16.3. The summed E-state index contributed by atoms with van der Waals surface area (Å²) in [6.45, 7) is 0. The largest absolute Gasteiger partial charge is 0.274 e. The molecule has 6 atom stereocenters. The molecule has 4 aliphatic rings. The number of carbonyl (C=O) groups is 2. The minimum absolute atomic E-state index is 0.0321. The van der Waals surface area contributed by atoms with E-state index in [1.165, 1.54) is 4.90 Å². The van der Waals surface area contributed by atoms with Crippen LogP contribution in [-0.4, -0.2) is 28.9 Å². The molecule has 2 amide bonds. The van der Waals surface area contributed by atoms with Crippen LogP contribution in [0.4, 0.5) is 11.5 Å². The Morgan fingerprint density at radius 3 is 2.43 bits per heavy atom. The molecule has 2 aliphatic carbocycles. The molecule has 2 bridgehead atoms. The van der Waals surface area contributed by atoms with Crippen molar-refractivity contribution in [1.82, 2.24) is 4.98 Å². The number of nitrogens with zero attached hydrogens (tertiary/aromatic N) is 5. The second-order valence-electron chi connectivity index (χ2n) is 7.82. The van der Waals surface area contributed by atoms with E-state index in [2.05, 4.69) is 31.3 Å². The van der Waals surface area contributed by atoms with E-state index in [0.717, 1.165) is 16.6 Å². The van der Waals surface area contributed by atoms with E-state index >= 15 is 0 Å². The highest BCUT2D eigenvalue weighted by atomic mass is 79.9. The lowest BCUT2D eigenvalue weighted by molar-refractivity contribution is -0.123. The van der Waals surface area contributed by atoms with Gasteiger partial charge in [-0.2, -0.15) is 5.11 Å². The maximum atomic E-state index is 13.2. The van der Waals surface area contributed by atoms with Gasteiger partial charge in [0.05, 0.1) is 29.6 Å². The number of fused-ring (bicyclic) bond motifs is 8. The van der Waals surface area contributed by atoms with Crippen LogP contribution in [0.15, 0.2) is 63.5 Å². The number of rotatable bonds is 2. The number of imide groups is 1. The fourth-order valence-corrected chi connectivity index (χ4v) is 5.88. The number of benzene rings is 1. The van der Waals surface area contributed by atoms with E-state index in [4.69, 9.17) is 0 Å². The predicted molar refractivity (Wildman–Crippen MR) is 104 cm³/mol. The lowest BCUT2D eigenvalue weighted by atomic mass is 9.76. The SMILES string of the molecule is O=C1[C@@H]2[C@H]3C[C@@H]([C@@H]2C(=O)N1c1ccccn1)[C@@H]1[C@@H]3N=NN1c1ccc(Br)cc1. The first kappa shape index (κ1) is 16.4. The van der Waals surface area contributed by atoms with Crippen LogP contribution in [0.2, 0.25) is 0 Å². The number of carbonyl (C=O) groups excluding carboxylic acids is 2. The van der Waals surface area contributed by atoms with Crippen LogP contribution >= 0.6 is 15.9 Å². The molecule has 3 fully saturated rings. The molecule has 1 saturated heterocycles. The Balaban J connectivity index is 1.36. The summed E-state index contributed by atoms with van der Waals surface area (Å²) in [6.07, 6.45) is 2.46. The average Bonchev–Trinajstić information content (AvgIpc) is 3.44. The van der Waals surface area contributed by atoms with Gasteiger partial charge < -0.3 is 0 Å². The predicted octanol–water partition coefficient (Wildman–Crippen LogP) is 3.22. The van der Waals surface area contributed by atoms with Crippen molar-refractivity contribution < 1.29 is 9.59 Å².